The molecule has 0 unspecified atom stereocenters. The van der Waals surface area contributed by atoms with Crippen LogP contribution in [-0.4, -0.2) is 11.1 Å². The lowest BCUT2D eigenvalue weighted by molar-refractivity contribution is 0.0699. The molecule has 0 aromatic heterocycles. The number of carboxylic acids is 1. The Bertz CT molecular complexity index is 917. The van der Waals surface area contributed by atoms with Crippen LogP contribution < -0.4 is 0 Å². The monoisotopic (exact) mass is 300 g/mol. The van der Waals surface area contributed by atoms with Gasteiger partial charge in [0.1, 0.15) is 0 Å². The first kappa shape index (κ1) is 14.8. The topological polar surface area (TPSA) is 37.3 Å². The van der Waals surface area contributed by atoms with Gasteiger partial charge in [0.15, 0.2) is 0 Å². The second kappa shape index (κ2) is 6.75. The molecular weight excluding hydrogens is 284 g/mol. The van der Waals surface area contributed by atoms with Gasteiger partial charge in [0.2, 0.25) is 0 Å². The molecule has 4 aromatic carbocycles. The highest BCUT2D eigenvalue weighted by Gasteiger charge is 2.08. The SMILES string of the molecule is O=C(O)c1cccc2cc3ccccc3cc12.c1ccccc1. The fourth-order valence-electron chi connectivity index (χ4n) is 2.54. The summed E-state index contributed by atoms with van der Waals surface area (Å²) in [5.74, 6) is -0.883. The van der Waals surface area contributed by atoms with Gasteiger partial charge in [-0.05, 0) is 39.7 Å². The van der Waals surface area contributed by atoms with Gasteiger partial charge < -0.3 is 5.11 Å². The fourth-order valence-corrected chi connectivity index (χ4v) is 2.54. The van der Waals surface area contributed by atoms with Crippen LogP contribution in [-0.2, 0) is 0 Å². The third kappa shape index (κ3) is 3.38. The van der Waals surface area contributed by atoms with Gasteiger partial charge in [0, 0.05) is 0 Å². The van der Waals surface area contributed by atoms with Crippen LogP contribution in [0, 0.1) is 0 Å². The van der Waals surface area contributed by atoms with Crippen molar-refractivity contribution in [2.24, 2.45) is 0 Å². The van der Waals surface area contributed by atoms with E-state index in [1.165, 1.54) is 0 Å². The first-order chi connectivity index (χ1) is 11.3. The summed E-state index contributed by atoms with van der Waals surface area (Å²) in [6.45, 7) is 0. The summed E-state index contributed by atoms with van der Waals surface area (Å²) >= 11 is 0. The molecule has 112 valence electrons. The Morgan fingerprint density at radius 3 is 1.70 bits per heavy atom. The molecule has 0 aliphatic carbocycles. The minimum Gasteiger partial charge on any atom is -0.478 e. The quantitative estimate of drug-likeness (QED) is 0.479. The number of carbonyl (C=O) groups is 1. The molecule has 0 aliphatic heterocycles. The molecule has 0 heterocycles. The van der Waals surface area contributed by atoms with E-state index in [9.17, 15) is 4.79 Å². The number of aromatic carboxylic acids is 1. The normalized spacial score (nSPS) is 10.1. The third-order valence-corrected chi connectivity index (χ3v) is 3.64. The van der Waals surface area contributed by atoms with Gasteiger partial charge in [-0.2, -0.15) is 0 Å². The summed E-state index contributed by atoms with van der Waals surface area (Å²) in [6.07, 6.45) is 0. The van der Waals surface area contributed by atoms with E-state index in [0.717, 1.165) is 21.5 Å². The van der Waals surface area contributed by atoms with E-state index in [1.807, 2.05) is 78.9 Å². The van der Waals surface area contributed by atoms with Crippen LogP contribution in [0.3, 0.4) is 0 Å². The van der Waals surface area contributed by atoms with Gasteiger partial charge in [0.05, 0.1) is 5.56 Å². The van der Waals surface area contributed by atoms with E-state index >= 15 is 0 Å². The van der Waals surface area contributed by atoms with Crippen LogP contribution in [0.5, 0.6) is 0 Å². The molecule has 0 spiro atoms. The fraction of sp³-hybridized carbons (Fsp3) is 0. The smallest absolute Gasteiger partial charge is 0.336 e. The third-order valence-electron chi connectivity index (χ3n) is 3.64. The Balaban J connectivity index is 0.000000220. The van der Waals surface area contributed by atoms with Crippen LogP contribution in [0.4, 0.5) is 0 Å². The molecule has 0 radical (unpaired) electrons. The van der Waals surface area contributed by atoms with Crippen molar-refractivity contribution in [1.82, 2.24) is 0 Å². The maximum atomic E-state index is 11.2. The van der Waals surface area contributed by atoms with E-state index in [4.69, 9.17) is 5.11 Å². The second-order valence-electron chi connectivity index (χ2n) is 5.19. The molecule has 23 heavy (non-hydrogen) atoms. The molecule has 0 fully saturated rings. The van der Waals surface area contributed by atoms with Crippen molar-refractivity contribution < 1.29 is 9.90 Å². The van der Waals surface area contributed by atoms with E-state index < -0.39 is 5.97 Å². The zero-order valence-electron chi connectivity index (χ0n) is 12.5. The Morgan fingerprint density at radius 2 is 1.13 bits per heavy atom. The second-order valence-corrected chi connectivity index (χ2v) is 5.19. The van der Waals surface area contributed by atoms with Crippen LogP contribution in [0.1, 0.15) is 10.4 Å². The number of carboxylic acid groups (broad SMARTS) is 1. The molecule has 0 saturated heterocycles. The van der Waals surface area contributed by atoms with Crippen molar-refractivity contribution in [3.63, 3.8) is 0 Å². The van der Waals surface area contributed by atoms with Gasteiger partial charge in [-0.1, -0.05) is 72.8 Å². The molecule has 0 aliphatic rings. The number of fused-ring (bicyclic) bond motifs is 2. The molecule has 0 bridgehead atoms. The Hall–Kier alpha value is -3.13. The molecule has 4 aromatic rings. The Morgan fingerprint density at radius 1 is 0.609 bits per heavy atom. The van der Waals surface area contributed by atoms with Gasteiger partial charge in [0.25, 0.3) is 0 Å². The van der Waals surface area contributed by atoms with Gasteiger partial charge >= 0.3 is 5.97 Å². The highest BCUT2D eigenvalue weighted by molar-refractivity contribution is 6.08. The van der Waals surface area contributed by atoms with Gasteiger partial charge in [-0.15, -0.1) is 0 Å². The number of rotatable bonds is 1. The summed E-state index contributed by atoms with van der Waals surface area (Å²) in [6, 6.07) is 29.3. The van der Waals surface area contributed by atoms with Crippen molar-refractivity contribution in [3.05, 3.63) is 96.6 Å². The summed E-state index contributed by atoms with van der Waals surface area (Å²) in [5.41, 5.74) is 0.355. The average Bonchev–Trinajstić information content (AvgIpc) is 2.61. The van der Waals surface area contributed by atoms with Gasteiger partial charge in [-0.25, -0.2) is 4.79 Å². The zero-order valence-corrected chi connectivity index (χ0v) is 12.5. The highest BCUT2D eigenvalue weighted by Crippen LogP contribution is 2.25. The molecule has 4 rings (SSSR count). The maximum Gasteiger partial charge on any atom is 0.336 e. The van der Waals surface area contributed by atoms with E-state index in [0.29, 0.717) is 5.56 Å². The largest absolute Gasteiger partial charge is 0.478 e. The Labute approximate surface area is 134 Å². The molecule has 2 nitrogen and oxygen atoms in total. The summed E-state index contributed by atoms with van der Waals surface area (Å²) in [7, 11) is 0. The van der Waals surface area contributed by atoms with Crippen LogP contribution in [0.15, 0.2) is 91.0 Å². The molecular formula is C21H16O2. The highest BCUT2D eigenvalue weighted by atomic mass is 16.4. The van der Waals surface area contributed by atoms with E-state index in [2.05, 4.69) is 0 Å². The van der Waals surface area contributed by atoms with Crippen molar-refractivity contribution in [2.75, 3.05) is 0 Å². The van der Waals surface area contributed by atoms with E-state index in [-0.39, 0.29) is 0 Å². The molecule has 1 N–H and O–H groups in total. The Kier molecular flexibility index (Phi) is 4.34. The van der Waals surface area contributed by atoms with Crippen molar-refractivity contribution in [2.45, 2.75) is 0 Å². The molecule has 0 atom stereocenters. The lowest BCUT2D eigenvalue weighted by atomic mass is 10.00. The summed E-state index contributed by atoms with van der Waals surface area (Å²) in [5, 5.41) is 13.1. The standard InChI is InChI=1S/C15H10O2.C6H6/c16-15(17)13-7-3-6-12-8-10-4-1-2-5-11(10)9-14(12)13;1-2-4-6-5-3-1/h1-9H,(H,16,17);1-6H. The van der Waals surface area contributed by atoms with Gasteiger partial charge in [-0.3, -0.25) is 0 Å². The van der Waals surface area contributed by atoms with Crippen molar-refractivity contribution in [3.8, 4) is 0 Å². The minimum absolute atomic E-state index is 0.355. The summed E-state index contributed by atoms with van der Waals surface area (Å²) in [4.78, 5) is 11.2. The molecule has 0 amide bonds. The predicted molar refractivity (Wildman–Crippen MR) is 94.9 cm³/mol. The zero-order chi connectivity index (χ0) is 16.1. The van der Waals surface area contributed by atoms with Crippen LogP contribution >= 0.6 is 0 Å². The van der Waals surface area contributed by atoms with Crippen molar-refractivity contribution >= 4 is 27.5 Å². The minimum atomic E-state index is -0.883. The van der Waals surface area contributed by atoms with Crippen LogP contribution in [0.2, 0.25) is 0 Å². The average molecular weight is 300 g/mol. The number of hydrogen-bond donors (Lipinski definition) is 1. The lowest BCUT2D eigenvalue weighted by Gasteiger charge is -2.05. The lowest BCUT2D eigenvalue weighted by Crippen LogP contribution is -1.96. The first-order valence-electron chi connectivity index (χ1n) is 7.40. The maximum absolute atomic E-state index is 11.2. The number of hydrogen-bond acceptors (Lipinski definition) is 1. The first-order valence-corrected chi connectivity index (χ1v) is 7.40. The summed E-state index contributed by atoms with van der Waals surface area (Å²) < 4.78 is 0. The van der Waals surface area contributed by atoms with E-state index in [1.54, 1.807) is 12.1 Å². The predicted octanol–water partition coefficient (Wildman–Crippen LogP) is 5.38. The molecule has 2 heteroatoms. The van der Waals surface area contributed by atoms with Crippen LogP contribution in [0.25, 0.3) is 21.5 Å². The molecule has 0 saturated carbocycles. The number of benzene rings is 4. The van der Waals surface area contributed by atoms with Crippen molar-refractivity contribution in [1.29, 1.82) is 0 Å².